The van der Waals surface area contributed by atoms with E-state index in [1.807, 2.05) is 12.1 Å². The number of hydrogen-bond acceptors (Lipinski definition) is 3. The van der Waals surface area contributed by atoms with Crippen molar-refractivity contribution in [1.29, 1.82) is 0 Å². The van der Waals surface area contributed by atoms with Gasteiger partial charge in [-0.3, -0.25) is 4.79 Å². The van der Waals surface area contributed by atoms with Crippen LogP contribution < -0.4 is 0 Å². The molecule has 0 spiro atoms. The van der Waals surface area contributed by atoms with Gasteiger partial charge in [0.2, 0.25) is 0 Å². The Morgan fingerprint density at radius 3 is 2.85 bits per heavy atom. The fourth-order valence-electron chi connectivity index (χ4n) is 7.69. The molecule has 4 aliphatic rings. The van der Waals surface area contributed by atoms with E-state index < -0.39 is 5.60 Å². The largest absolute Gasteiger partial charge is 0.508 e. The van der Waals surface area contributed by atoms with Crippen LogP contribution in [0.4, 0.5) is 0 Å². The Bertz CT molecular complexity index is 771. The van der Waals surface area contributed by atoms with Crippen molar-refractivity contribution in [2.24, 2.45) is 29.1 Å². The van der Waals surface area contributed by atoms with Crippen LogP contribution in [0.1, 0.15) is 69.4 Å². The number of rotatable bonds is 1. The first kappa shape index (κ1) is 16.8. The molecule has 3 heteroatoms. The standard InChI is InChI=1S/C23H30O3/c1-3-13-8-14-9-16(24)4-5-18(14)19-6-7-22(2)20(21(13)19)11-15-10-17(25)12-23(15,22)26/h4-5,9,13,15,19-21,24,26H,3,6-8,10-12H2,1-2H3/t13-,15-,19?,20?,21?,22+,23+/m1/s1. The molecule has 0 amide bonds. The molecule has 3 unspecified atom stereocenters. The van der Waals surface area contributed by atoms with Gasteiger partial charge in [0.1, 0.15) is 11.5 Å². The summed E-state index contributed by atoms with van der Waals surface area (Å²) >= 11 is 0. The van der Waals surface area contributed by atoms with Crippen molar-refractivity contribution in [3.8, 4) is 5.75 Å². The minimum Gasteiger partial charge on any atom is -0.508 e. The number of hydrogen-bond donors (Lipinski definition) is 2. The summed E-state index contributed by atoms with van der Waals surface area (Å²) in [4.78, 5) is 12.1. The second kappa shape index (κ2) is 5.34. The summed E-state index contributed by atoms with van der Waals surface area (Å²) < 4.78 is 0. The normalized spacial score (nSPS) is 46.4. The lowest BCUT2D eigenvalue weighted by Gasteiger charge is -2.55. The molecule has 0 aromatic heterocycles. The first-order valence-corrected chi connectivity index (χ1v) is 10.4. The van der Waals surface area contributed by atoms with Gasteiger partial charge in [-0.1, -0.05) is 26.3 Å². The molecule has 2 N–H and O–H groups in total. The third-order valence-corrected chi connectivity index (χ3v) is 8.94. The predicted octanol–water partition coefficient (Wildman–Crippen LogP) is 4.20. The maximum atomic E-state index is 12.1. The summed E-state index contributed by atoms with van der Waals surface area (Å²) in [6.45, 7) is 4.57. The molecule has 0 heterocycles. The van der Waals surface area contributed by atoms with Crippen molar-refractivity contribution < 1.29 is 15.0 Å². The lowest BCUT2D eigenvalue weighted by molar-refractivity contribution is -0.131. The Labute approximate surface area is 155 Å². The number of phenols is 1. The van der Waals surface area contributed by atoms with E-state index in [9.17, 15) is 15.0 Å². The molecule has 1 aromatic rings. The molecule has 3 fully saturated rings. The zero-order chi connectivity index (χ0) is 18.3. The molecule has 7 atom stereocenters. The van der Waals surface area contributed by atoms with E-state index >= 15 is 0 Å². The van der Waals surface area contributed by atoms with Gasteiger partial charge in [0, 0.05) is 18.3 Å². The van der Waals surface area contributed by atoms with Gasteiger partial charge in [-0.2, -0.15) is 0 Å². The number of aliphatic hydroxyl groups is 1. The molecular formula is C23H30O3. The summed E-state index contributed by atoms with van der Waals surface area (Å²) in [6, 6.07) is 5.95. The Morgan fingerprint density at radius 2 is 2.08 bits per heavy atom. The number of carbonyl (C=O) groups is 1. The third-order valence-electron chi connectivity index (χ3n) is 8.94. The average molecular weight is 354 g/mol. The number of ketones is 1. The molecule has 1 aromatic carbocycles. The van der Waals surface area contributed by atoms with Gasteiger partial charge in [0.25, 0.3) is 0 Å². The van der Waals surface area contributed by atoms with E-state index in [2.05, 4.69) is 19.9 Å². The van der Waals surface area contributed by atoms with E-state index in [-0.39, 0.29) is 17.1 Å². The highest BCUT2D eigenvalue weighted by atomic mass is 16.3. The topological polar surface area (TPSA) is 57.5 Å². The van der Waals surface area contributed by atoms with E-state index in [1.54, 1.807) is 0 Å². The Kier molecular flexibility index (Phi) is 3.45. The monoisotopic (exact) mass is 354 g/mol. The molecule has 0 saturated heterocycles. The van der Waals surface area contributed by atoms with Crippen LogP contribution in [-0.4, -0.2) is 21.6 Å². The van der Waals surface area contributed by atoms with Crippen LogP contribution in [0, 0.1) is 29.1 Å². The van der Waals surface area contributed by atoms with Crippen LogP contribution in [0.2, 0.25) is 0 Å². The number of aromatic hydroxyl groups is 1. The SMILES string of the molecule is CC[C@@H]1Cc2cc(O)ccc2C2CC[C@@]3(C)C(C[C@H]4CC(=O)C[C@]43O)C21. The van der Waals surface area contributed by atoms with E-state index in [1.165, 1.54) is 11.1 Å². The molecule has 0 aliphatic heterocycles. The van der Waals surface area contributed by atoms with Crippen molar-refractivity contribution in [3.63, 3.8) is 0 Å². The van der Waals surface area contributed by atoms with Crippen LogP contribution in [-0.2, 0) is 11.2 Å². The van der Waals surface area contributed by atoms with Gasteiger partial charge in [0.05, 0.1) is 5.60 Å². The number of carbonyl (C=O) groups excluding carboxylic acids is 1. The van der Waals surface area contributed by atoms with Crippen LogP contribution in [0.15, 0.2) is 18.2 Å². The number of phenolic OH excluding ortho intramolecular Hbond substituents is 1. The van der Waals surface area contributed by atoms with E-state index in [4.69, 9.17) is 0 Å². The van der Waals surface area contributed by atoms with Gasteiger partial charge in [-0.05, 0) is 78.5 Å². The van der Waals surface area contributed by atoms with E-state index in [0.29, 0.717) is 42.3 Å². The summed E-state index contributed by atoms with van der Waals surface area (Å²) in [5, 5.41) is 21.5. The maximum absolute atomic E-state index is 12.1. The summed E-state index contributed by atoms with van der Waals surface area (Å²) in [5.74, 6) is 3.06. The molecule has 3 nitrogen and oxygen atoms in total. The molecule has 4 aliphatic carbocycles. The summed E-state index contributed by atoms with van der Waals surface area (Å²) in [7, 11) is 0. The Morgan fingerprint density at radius 1 is 1.27 bits per heavy atom. The second-order valence-electron chi connectivity index (χ2n) is 9.78. The fourth-order valence-corrected chi connectivity index (χ4v) is 7.69. The van der Waals surface area contributed by atoms with Crippen molar-refractivity contribution >= 4 is 5.78 Å². The van der Waals surface area contributed by atoms with Crippen LogP contribution in [0.25, 0.3) is 0 Å². The number of fused-ring (bicyclic) bond motifs is 7. The first-order valence-electron chi connectivity index (χ1n) is 10.4. The quantitative estimate of drug-likeness (QED) is 0.794. The summed E-state index contributed by atoms with van der Waals surface area (Å²) in [6.07, 6.45) is 6.26. The molecule has 3 saturated carbocycles. The van der Waals surface area contributed by atoms with Crippen molar-refractivity contribution in [1.82, 2.24) is 0 Å². The highest BCUT2D eigenvalue weighted by Crippen LogP contribution is 2.69. The number of benzene rings is 1. The average Bonchev–Trinajstić information content (AvgIpc) is 3.01. The minimum atomic E-state index is -0.771. The first-order chi connectivity index (χ1) is 12.4. The molecular weight excluding hydrogens is 324 g/mol. The van der Waals surface area contributed by atoms with Gasteiger partial charge < -0.3 is 10.2 Å². The zero-order valence-corrected chi connectivity index (χ0v) is 15.9. The summed E-state index contributed by atoms with van der Waals surface area (Å²) in [5.41, 5.74) is 1.87. The molecule has 26 heavy (non-hydrogen) atoms. The van der Waals surface area contributed by atoms with Crippen LogP contribution >= 0.6 is 0 Å². The molecule has 0 bridgehead atoms. The minimum absolute atomic E-state index is 0.118. The number of Topliss-reactive ketones (excluding diaryl/α,β-unsaturated/α-hetero) is 1. The highest BCUT2D eigenvalue weighted by Gasteiger charge is 2.68. The van der Waals surface area contributed by atoms with E-state index in [0.717, 1.165) is 32.1 Å². The maximum Gasteiger partial charge on any atom is 0.136 e. The van der Waals surface area contributed by atoms with Gasteiger partial charge in [-0.15, -0.1) is 0 Å². The second-order valence-corrected chi connectivity index (χ2v) is 9.78. The fraction of sp³-hybridized carbons (Fsp3) is 0.696. The smallest absolute Gasteiger partial charge is 0.136 e. The Balaban J connectivity index is 1.58. The molecule has 140 valence electrons. The molecule has 5 rings (SSSR count). The van der Waals surface area contributed by atoms with Gasteiger partial charge in [-0.25, -0.2) is 0 Å². The van der Waals surface area contributed by atoms with Crippen molar-refractivity contribution in [2.75, 3.05) is 0 Å². The predicted molar refractivity (Wildman–Crippen MR) is 100.0 cm³/mol. The Hall–Kier alpha value is -1.35. The lowest BCUT2D eigenvalue weighted by atomic mass is 9.50. The van der Waals surface area contributed by atoms with Gasteiger partial charge in [0.15, 0.2) is 0 Å². The molecule has 0 radical (unpaired) electrons. The highest BCUT2D eigenvalue weighted by molar-refractivity contribution is 5.83. The zero-order valence-electron chi connectivity index (χ0n) is 15.9. The lowest BCUT2D eigenvalue weighted by Crippen LogP contribution is -2.53. The van der Waals surface area contributed by atoms with Gasteiger partial charge >= 0.3 is 0 Å². The van der Waals surface area contributed by atoms with Crippen LogP contribution in [0.5, 0.6) is 5.75 Å². The van der Waals surface area contributed by atoms with Crippen molar-refractivity contribution in [2.45, 2.75) is 70.3 Å². The van der Waals surface area contributed by atoms with Crippen LogP contribution in [0.3, 0.4) is 0 Å². The third kappa shape index (κ3) is 1.96. The van der Waals surface area contributed by atoms with Crippen molar-refractivity contribution in [3.05, 3.63) is 29.3 Å².